The van der Waals surface area contributed by atoms with E-state index in [0.29, 0.717) is 12.5 Å². The van der Waals surface area contributed by atoms with Gasteiger partial charge in [0.05, 0.1) is 5.69 Å². The van der Waals surface area contributed by atoms with Crippen LogP contribution in [0.4, 0.5) is 5.82 Å². The predicted molar refractivity (Wildman–Crippen MR) is 128 cm³/mol. The number of piperazine rings is 1. The molecule has 2 aromatic rings. The standard InChI is InChI=1S/C21H32N6O.HI/c1-4-17(5-2)19-15-18(28-25-19)16-24-21(22-6-3)27-13-11-26(12-14-27)20-9-7-8-10-23-20;/h7-10,15,17H,4-6,11-14,16H2,1-3H3,(H,22,24);1H. The van der Waals surface area contributed by atoms with E-state index in [9.17, 15) is 0 Å². The highest BCUT2D eigenvalue weighted by atomic mass is 127. The predicted octanol–water partition coefficient (Wildman–Crippen LogP) is 3.88. The number of aliphatic imine (C=N–C) groups is 1. The summed E-state index contributed by atoms with van der Waals surface area (Å²) >= 11 is 0. The molecule has 1 aliphatic heterocycles. The lowest BCUT2D eigenvalue weighted by Gasteiger charge is -2.37. The SMILES string of the molecule is CCNC(=NCc1cc(C(CC)CC)no1)N1CCN(c2ccccn2)CC1.I. The molecular formula is C21H33IN6O. The molecule has 0 unspecified atom stereocenters. The van der Waals surface area contributed by atoms with Gasteiger partial charge in [0.25, 0.3) is 0 Å². The van der Waals surface area contributed by atoms with E-state index in [0.717, 1.165) is 68.8 Å². The molecule has 2 aromatic heterocycles. The van der Waals surface area contributed by atoms with Crippen molar-refractivity contribution in [2.75, 3.05) is 37.6 Å². The van der Waals surface area contributed by atoms with Gasteiger partial charge in [-0.2, -0.15) is 0 Å². The maximum absolute atomic E-state index is 5.52. The van der Waals surface area contributed by atoms with Crippen LogP contribution in [0.15, 0.2) is 40.0 Å². The first-order chi connectivity index (χ1) is 13.7. The molecule has 0 radical (unpaired) electrons. The molecule has 0 bridgehead atoms. The topological polar surface area (TPSA) is 69.8 Å². The molecule has 0 atom stereocenters. The van der Waals surface area contributed by atoms with Gasteiger partial charge in [0, 0.05) is 50.9 Å². The summed E-state index contributed by atoms with van der Waals surface area (Å²) in [4.78, 5) is 13.9. The van der Waals surface area contributed by atoms with Gasteiger partial charge in [-0.05, 0) is 31.9 Å². The van der Waals surface area contributed by atoms with Crippen molar-refractivity contribution < 1.29 is 4.52 Å². The van der Waals surface area contributed by atoms with Crippen molar-refractivity contribution in [3.8, 4) is 0 Å². The summed E-state index contributed by atoms with van der Waals surface area (Å²) in [7, 11) is 0. The summed E-state index contributed by atoms with van der Waals surface area (Å²) in [6, 6.07) is 8.11. The Morgan fingerprint density at radius 1 is 1.17 bits per heavy atom. The summed E-state index contributed by atoms with van der Waals surface area (Å²) < 4.78 is 5.52. The van der Waals surface area contributed by atoms with Crippen LogP contribution in [0.2, 0.25) is 0 Å². The van der Waals surface area contributed by atoms with Crippen molar-refractivity contribution in [2.24, 2.45) is 4.99 Å². The summed E-state index contributed by atoms with van der Waals surface area (Å²) in [6.07, 6.45) is 4.00. The fourth-order valence-electron chi connectivity index (χ4n) is 3.57. The maximum Gasteiger partial charge on any atom is 0.194 e. The minimum absolute atomic E-state index is 0. The van der Waals surface area contributed by atoms with Crippen molar-refractivity contribution in [1.29, 1.82) is 0 Å². The van der Waals surface area contributed by atoms with Crippen molar-refractivity contribution in [3.05, 3.63) is 41.9 Å². The molecule has 0 amide bonds. The highest BCUT2D eigenvalue weighted by molar-refractivity contribution is 14.0. The molecule has 0 aromatic carbocycles. The van der Waals surface area contributed by atoms with Gasteiger partial charge >= 0.3 is 0 Å². The van der Waals surface area contributed by atoms with Crippen LogP contribution < -0.4 is 10.2 Å². The Labute approximate surface area is 191 Å². The lowest BCUT2D eigenvalue weighted by atomic mass is 9.99. The van der Waals surface area contributed by atoms with Gasteiger partial charge in [-0.25, -0.2) is 9.98 Å². The quantitative estimate of drug-likeness (QED) is 0.345. The summed E-state index contributed by atoms with van der Waals surface area (Å²) in [5, 5.41) is 7.66. The number of anilines is 1. The highest BCUT2D eigenvalue weighted by Gasteiger charge is 2.20. The van der Waals surface area contributed by atoms with E-state index >= 15 is 0 Å². The molecule has 0 aliphatic carbocycles. The van der Waals surface area contributed by atoms with Crippen molar-refractivity contribution in [1.82, 2.24) is 20.4 Å². The van der Waals surface area contributed by atoms with E-state index in [1.807, 2.05) is 18.3 Å². The number of aromatic nitrogens is 2. The lowest BCUT2D eigenvalue weighted by molar-refractivity contribution is 0.361. The summed E-state index contributed by atoms with van der Waals surface area (Å²) in [5.74, 6) is 3.27. The Kier molecular flexibility index (Phi) is 9.69. The Morgan fingerprint density at radius 3 is 2.55 bits per heavy atom. The molecule has 1 N–H and O–H groups in total. The largest absolute Gasteiger partial charge is 0.359 e. The second-order valence-electron chi connectivity index (χ2n) is 7.06. The van der Waals surface area contributed by atoms with Crippen molar-refractivity contribution in [3.63, 3.8) is 0 Å². The van der Waals surface area contributed by atoms with Gasteiger partial charge < -0.3 is 19.6 Å². The molecule has 7 nitrogen and oxygen atoms in total. The van der Waals surface area contributed by atoms with Crippen LogP contribution in [0.5, 0.6) is 0 Å². The van der Waals surface area contributed by atoms with Gasteiger partial charge in [-0.1, -0.05) is 25.1 Å². The fraction of sp³-hybridized carbons (Fsp3) is 0.571. The van der Waals surface area contributed by atoms with E-state index in [2.05, 4.69) is 58.2 Å². The zero-order valence-electron chi connectivity index (χ0n) is 17.7. The Balaban J connectivity index is 0.00000300. The van der Waals surface area contributed by atoms with Gasteiger partial charge in [-0.3, -0.25) is 0 Å². The number of guanidine groups is 1. The van der Waals surface area contributed by atoms with Crippen LogP contribution >= 0.6 is 24.0 Å². The van der Waals surface area contributed by atoms with Crippen LogP contribution in [0, 0.1) is 0 Å². The van der Waals surface area contributed by atoms with E-state index in [4.69, 9.17) is 9.52 Å². The van der Waals surface area contributed by atoms with Crippen molar-refractivity contribution >= 4 is 35.8 Å². The van der Waals surface area contributed by atoms with Gasteiger partial charge in [0.15, 0.2) is 11.7 Å². The zero-order valence-corrected chi connectivity index (χ0v) is 20.0. The monoisotopic (exact) mass is 512 g/mol. The third-order valence-corrected chi connectivity index (χ3v) is 5.25. The molecule has 160 valence electrons. The smallest absolute Gasteiger partial charge is 0.194 e. The molecule has 1 aliphatic rings. The minimum Gasteiger partial charge on any atom is -0.359 e. The fourth-order valence-corrected chi connectivity index (χ4v) is 3.57. The average Bonchev–Trinajstić information content (AvgIpc) is 3.21. The summed E-state index contributed by atoms with van der Waals surface area (Å²) in [6.45, 7) is 11.5. The second-order valence-corrected chi connectivity index (χ2v) is 7.06. The Morgan fingerprint density at radius 2 is 1.93 bits per heavy atom. The van der Waals surface area contributed by atoms with E-state index in [1.165, 1.54) is 0 Å². The molecule has 1 saturated heterocycles. The Hall–Kier alpha value is -1.84. The van der Waals surface area contributed by atoms with Crippen LogP contribution in [0.1, 0.15) is 51.0 Å². The molecular weight excluding hydrogens is 479 g/mol. The first-order valence-electron chi connectivity index (χ1n) is 10.4. The number of pyridine rings is 1. The van der Waals surface area contributed by atoms with Crippen LogP contribution in [-0.4, -0.2) is 53.7 Å². The van der Waals surface area contributed by atoms with Gasteiger partial charge in [-0.15, -0.1) is 24.0 Å². The van der Waals surface area contributed by atoms with E-state index in [-0.39, 0.29) is 24.0 Å². The zero-order chi connectivity index (χ0) is 19.8. The number of nitrogens with zero attached hydrogens (tertiary/aromatic N) is 5. The van der Waals surface area contributed by atoms with E-state index in [1.54, 1.807) is 0 Å². The highest BCUT2D eigenvalue weighted by Crippen LogP contribution is 2.22. The average molecular weight is 512 g/mol. The minimum atomic E-state index is 0. The van der Waals surface area contributed by atoms with E-state index < -0.39 is 0 Å². The molecule has 3 heterocycles. The molecule has 29 heavy (non-hydrogen) atoms. The van der Waals surface area contributed by atoms with Crippen LogP contribution in [-0.2, 0) is 6.54 Å². The lowest BCUT2D eigenvalue weighted by Crippen LogP contribution is -2.52. The molecule has 0 saturated carbocycles. The number of hydrogen-bond acceptors (Lipinski definition) is 5. The number of halogens is 1. The molecule has 0 spiro atoms. The second kappa shape index (κ2) is 12.0. The normalized spacial score (nSPS) is 14.8. The maximum atomic E-state index is 5.52. The Bertz CT molecular complexity index is 739. The van der Waals surface area contributed by atoms with Crippen LogP contribution in [0.3, 0.4) is 0 Å². The number of hydrogen-bond donors (Lipinski definition) is 1. The number of rotatable bonds is 7. The molecule has 8 heteroatoms. The van der Waals surface area contributed by atoms with Gasteiger partial charge in [0.2, 0.25) is 0 Å². The summed E-state index contributed by atoms with van der Waals surface area (Å²) in [5.41, 5.74) is 1.05. The van der Waals surface area contributed by atoms with Crippen molar-refractivity contribution in [2.45, 2.75) is 46.1 Å². The molecule has 3 rings (SSSR count). The number of nitrogens with one attached hydrogen (secondary N) is 1. The first kappa shape index (κ1) is 23.4. The molecule has 1 fully saturated rings. The van der Waals surface area contributed by atoms with Gasteiger partial charge in [0.1, 0.15) is 12.4 Å². The first-order valence-corrected chi connectivity index (χ1v) is 10.4. The van der Waals surface area contributed by atoms with Crippen LogP contribution in [0.25, 0.3) is 0 Å². The third-order valence-electron chi connectivity index (χ3n) is 5.25. The third kappa shape index (κ3) is 6.32.